The zero-order valence-corrected chi connectivity index (χ0v) is 11.4. The molecule has 0 unspecified atom stereocenters. The summed E-state index contributed by atoms with van der Waals surface area (Å²) in [6, 6.07) is 7.70. The maximum Gasteiger partial charge on any atom is 0.101 e. The Labute approximate surface area is 108 Å². The van der Waals surface area contributed by atoms with Gasteiger partial charge in [0.1, 0.15) is 12.2 Å². The largest absolute Gasteiger partial charge is 0.388 e. The summed E-state index contributed by atoms with van der Waals surface area (Å²) in [6.45, 7) is 0. The molecule has 18 heavy (non-hydrogen) atoms. The SMILES string of the molecule is CN(C)[C@@H]1c2ccccc2[C@H](N(C)C)[C@@H](O)[C@H]1O. The molecule has 100 valence electrons. The van der Waals surface area contributed by atoms with Crippen LogP contribution in [0.5, 0.6) is 0 Å². The third-order valence-electron chi connectivity index (χ3n) is 3.74. The fourth-order valence-electron chi connectivity index (χ4n) is 2.96. The summed E-state index contributed by atoms with van der Waals surface area (Å²) in [5.74, 6) is 0. The Morgan fingerprint density at radius 3 is 1.39 bits per heavy atom. The minimum atomic E-state index is -0.776. The summed E-state index contributed by atoms with van der Waals surface area (Å²) < 4.78 is 0. The van der Waals surface area contributed by atoms with Crippen LogP contribution < -0.4 is 0 Å². The minimum absolute atomic E-state index is 0.160. The molecule has 4 nitrogen and oxygen atoms in total. The topological polar surface area (TPSA) is 46.9 Å². The fraction of sp³-hybridized carbons (Fsp3) is 0.571. The van der Waals surface area contributed by atoms with Gasteiger partial charge in [0.25, 0.3) is 0 Å². The Balaban J connectivity index is 2.55. The maximum atomic E-state index is 10.4. The number of fused-ring (bicyclic) bond motifs is 1. The zero-order chi connectivity index (χ0) is 13.4. The second-order valence-corrected chi connectivity index (χ2v) is 5.43. The predicted molar refractivity (Wildman–Crippen MR) is 71.3 cm³/mol. The Hall–Kier alpha value is -0.940. The van der Waals surface area contributed by atoms with Crippen molar-refractivity contribution in [3.63, 3.8) is 0 Å². The average Bonchev–Trinajstić information content (AvgIpc) is 2.29. The molecule has 4 heteroatoms. The van der Waals surface area contributed by atoms with Crippen molar-refractivity contribution in [3.8, 4) is 0 Å². The van der Waals surface area contributed by atoms with Crippen molar-refractivity contribution >= 4 is 0 Å². The number of benzene rings is 1. The van der Waals surface area contributed by atoms with Crippen LogP contribution in [-0.4, -0.2) is 60.4 Å². The van der Waals surface area contributed by atoms with Crippen LogP contribution >= 0.6 is 0 Å². The third-order valence-corrected chi connectivity index (χ3v) is 3.74. The van der Waals surface area contributed by atoms with E-state index in [1.807, 2.05) is 62.3 Å². The second-order valence-electron chi connectivity index (χ2n) is 5.43. The quantitative estimate of drug-likeness (QED) is 0.808. The fourth-order valence-corrected chi connectivity index (χ4v) is 2.96. The average molecular weight is 250 g/mol. The number of aliphatic hydroxyl groups is 2. The number of likely N-dealkylation sites (N-methyl/N-ethyl adjacent to an activating group) is 2. The summed E-state index contributed by atoms with van der Waals surface area (Å²) in [7, 11) is 7.70. The van der Waals surface area contributed by atoms with E-state index in [9.17, 15) is 10.2 Å². The van der Waals surface area contributed by atoms with E-state index < -0.39 is 12.2 Å². The molecule has 0 fully saturated rings. The monoisotopic (exact) mass is 250 g/mol. The Bertz CT molecular complexity index is 381. The van der Waals surface area contributed by atoms with E-state index in [1.165, 1.54) is 0 Å². The van der Waals surface area contributed by atoms with Crippen molar-refractivity contribution in [1.82, 2.24) is 9.80 Å². The van der Waals surface area contributed by atoms with E-state index in [1.54, 1.807) is 0 Å². The van der Waals surface area contributed by atoms with E-state index in [0.717, 1.165) is 11.1 Å². The lowest BCUT2D eigenvalue weighted by atomic mass is 9.79. The third kappa shape index (κ3) is 2.06. The summed E-state index contributed by atoms with van der Waals surface area (Å²) in [5.41, 5.74) is 2.19. The van der Waals surface area contributed by atoms with Gasteiger partial charge in [-0.3, -0.25) is 9.80 Å². The lowest BCUT2D eigenvalue weighted by molar-refractivity contribution is -0.0747. The van der Waals surface area contributed by atoms with E-state index in [0.29, 0.717) is 0 Å². The molecule has 0 bridgehead atoms. The zero-order valence-electron chi connectivity index (χ0n) is 11.4. The molecule has 0 heterocycles. The van der Waals surface area contributed by atoms with Gasteiger partial charge in [-0.2, -0.15) is 0 Å². The molecule has 0 aliphatic heterocycles. The van der Waals surface area contributed by atoms with Crippen molar-refractivity contribution in [2.45, 2.75) is 24.3 Å². The summed E-state index contributed by atoms with van der Waals surface area (Å²) in [5, 5.41) is 20.7. The highest BCUT2D eigenvalue weighted by atomic mass is 16.3. The first-order chi connectivity index (χ1) is 8.45. The Morgan fingerprint density at radius 1 is 0.778 bits per heavy atom. The highest BCUT2D eigenvalue weighted by Crippen LogP contribution is 2.40. The van der Waals surface area contributed by atoms with Crippen LogP contribution in [0.3, 0.4) is 0 Å². The lowest BCUT2D eigenvalue weighted by Gasteiger charge is -2.44. The minimum Gasteiger partial charge on any atom is -0.388 e. The number of rotatable bonds is 2. The normalized spacial score (nSPS) is 31.8. The van der Waals surface area contributed by atoms with Crippen molar-refractivity contribution in [2.75, 3.05) is 28.2 Å². The molecule has 1 aliphatic rings. The van der Waals surface area contributed by atoms with E-state index in [-0.39, 0.29) is 12.1 Å². The van der Waals surface area contributed by atoms with Crippen molar-refractivity contribution in [1.29, 1.82) is 0 Å². The molecule has 1 aromatic carbocycles. The van der Waals surface area contributed by atoms with Gasteiger partial charge in [0.15, 0.2) is 0 Å². The number of hydrogen-bond acceptors (Lipinski definition) is 4. The van der Waals surface area contributed by atoms with Crippen molar-refractivity contribution < 1.29 is 10.2 Å². The van der Waals surface area contributed by atoms with Gasteiger partial charge in [0.2, 0.25) is 0 Å². The second kappa shape index (κ2) is 4.97. The molecule has 2 N–H and O–H groups in total. The standard InChI is InChI=1S/C14H22N2O2/c1-15(2)11-9-7-5-6-8-10(9)12(16(3)4)14(18)13(11)17/h5-8,11-14,17-18H,1-4H3/t11-,12+,13+,14-. The van der Waals surface area contributed by atoms with Gasteiger partial charge in [-0.15, -0.1) is 0 Å². The molecular formula is C14H22N2O2. The van der Waals surface area contributed by atoms with Crippen molar-refractivity contribution in [3.05, 3.63) is 35.4 Å². The van der Waals surface area contributed by atoms with Crippen LogP contribution in [0.15, 0.2) is 24.3 Å². The van der Waals surface area contributed by atoms with Gasteiger partial charge < -0.3 is 10.2 Å². The predicted octanol–water partition coefficient (Wildman–Crippen LogP) is 0.627. The summed E-state index contributed by atoms with van der Waals surface area (Å²) in [6.07, 6.45) is -1.55. The van der Waals surface area contributed by atoms with Crippen LogP contribution in [-0.2, 0) is 0 Å². The first-order valence-corrected chi connectivity index (χ1v) is 6.23. The van der Waals surface area contributed by atoms with Gasteiger partial charge in [-0.1, -0.05) is 24.3 Å². The molecule has 2 rings (SSSR count). The molecule has 0 aromatic heterocycles. The molecule has 0 spiro atoms. The summed E-state index contributed by atoms with van der Waals surface area (Å²) in [4.78, 5) is 3.91. The van der Waals surface area contributed by atoms with Crippen LogP contribution in [0.1, 0.15) is 23.2 Å². The Kier molecular flexibility index (Phi) is 3.73. The first-order valence-electron chi connectivity index (χ1n) is 6.23. The smallest absolute Gasteiger partial charge is 0.101 e. The molecule has 0 amide bonds. The molecule has 0 saturated carbocycles. The lowest BCUT2D eigenvalue weighted by Crippen LogP contribution is -2.49. The van der Waals surface area contributed by atoms with Gasteiger partial charge in [0, 0.05) is 0 Å². The van der Waals surface area contributed by atoms with E-state index in [2.05, 4.69) is 0 Å². The van der Waals surface area contributed by atoms with Crippen LogP contribution in [0.2, 0.25) is 0 Å². The Morgan fingerprint density at radius 2 is 1.11 bits per heavy atom. The van der Waals surface area contributed by atoms with Crippen molar-refractivity contribution in [2.24, 2.45) is 0 Å². The number of hydrogen-bond donors (Lipinski definition) is 2. The number of aliphatic hydroxyl groups excluding tert-OH is 2. The van der Waals surface area contributed by atoms with Gasteiger partial charge in [0.05, 0.1) is 12.1 Å². The van der Waals surface area contributed by atoms with E-state index in [4.69, 9.17) is 0 Å². The molecule has 1 aromatic rings. The molecule has 0 radical (unpaired) electrons. The van der Waals surface area contributed by atoms with E-state index >= 15 is 0 Å². The molecular weight excluding hydrogens is 228 g/mol. The van der Waals surface area contributed by atoms with Gasteiger partial charge >= 0.3 is 0 Å². The summed E-state index contributed by atoms with van der Waals surface area (Å²) >= 11 is 0. The van der Waals surface area contributed by atoms with Crippen LogP contribution in [0.25, 0.3) is 0 Å². The number of nitrogens with zero attached hydrogens (tertiary/aromatic N) is 2. The van der Waals surface area contributed by atoms with Gasteiger partial charge in [-0.25, -0.2) is 0 Å². The first kappa shape index (κ1) is 13.5. The maximum absolute atomic E-state index is 10.4. The van der Waals surface area contributed by atoms with Gasteiger partial charge in [-0.05, 0) is 39.3 Å². The molecule has 4 atom stereocenters. The van der Waals surface area contributed by atoms with Crippen LogP contribution in [0.4, 0.5) is 0 Å². The molecule has 1 aliphatic carbocycles. The van der Waals surface area contributed by atoms with Crippen LogP contribution in [0, 0.1) is 0 Å². The highest BCUT2D eigenvalue weighted by Gasteiger charge is 2.42. The highest BCUT2D eigenvalue weighted by molar-refractivity contribution is 5.37. The molecule has 0 saturated heterocycles.